The Hall–Kier alpha value is -4.82. The highest BCUT2D eigenvalue weighted by molar-refractivity contribution is 5.97. The van der Waals surface area contributed by atoms with Crippen LogP contribution in [-0.4, -0.2) is 88.5 Å². The van der Waals surface area contributed by atoms with Gasteiger partial charge in [0.2, 0.25) is 11.8 Å². The number of nitrogens with one attached hydrogen (secondary N) is 2. The van der Waals surface area contributed by atoms with Crippen molar-refractivity contribution >= 4 is 34.8 Å². The van der Waals surface area contributed by atoms with Gasteiger partial charge in [0, 0.05) is 23.3 Å². The molecule has 6 rings (SSSR count). The predicted octanol–water partition coefficient (Wildman–Crippen LogP) is 6.17. The highest BCUT2D eigenvalue weighted by atomic mass is 19.4. The predicted molar refractivity (Wildman–Crippen MR) is 195 cm³/mol. The molecular formula is C40H49F3N4O8. The summed E-state index contributed by atoms with van der Waals surface area (Å²) in [5.41, 5.74) is -1.56. The highest BCUT2D eigenvalue weighted by Crippen LogP contribution is 2.45. The SMILES string of the molecule is CCOC(=O)[C@@]12C=C[C@H]1/C=C\CCCCC[C@H](NC(=O)OC(C)(C)C)C(=O)N1C[C@@]3(CCc4c(c(C)nc5ccc(OCC(F)(F)F)cc45)O3)C[C@H]1C(=O)N2. The van der Waals surface area contributed by atoms with Crippen molar-refractivity contribution in [3.63, 3.8) is 0 Å². The number of aryl methyl sites for hydroxylation is 2. The molecule has 1 aromatic heterocycles. The Morgan fingerprint density at radius 3 is 2.60 bits per heavy atom. The smallest absolute Gasteiger partial charge is 0.422 e. The number of nitrogens with zero attached hydrogens (tertiary/aromatic N) is 2. The summed E-state index contributed by atoms with van der Waals surface area (Å²) in [7, 11) is 0. The lowest BCUT2D eigenvalue weighted by Gasteiger charge is -2.41. The van der Waals surface area contributed by atoms with Crippen molar-refractivity contribution in [3.05, 3.63) is 53.8 Å². The molecule has 0 radical (unpaired) electrons. The average molecular weight is 771 g/mol. The van der Waals surface area contributed by atoms with E-state index in [9.17, 15) is 32.3 Å². The fourth-order valence-corrected chi connectivity index (χ4v) is 7.83. The van der Waals surface area contributed by atoms with Crippen LogP contribution in [0.4, 0.5) is 18.0 Å². The number of allylic oxidation sites excluding steroid dienone is 1. The second-order valence-electron chi connectivity index (χ2n) is 15.8. The third kappa shape index (κ3) is 8.70. The van der Waals surface area contributed by atoms with E-state index >= 15 is 0 Å². The molecule has 1 spiro atoms. The average Bonchev–Trinajstić information content (AvgIpc) is 3.46. The number of halogens is 3. The number of esters is 1. The van der Waals surface area contributed by atoms with Gasteiger partial charge in [-0.2, -0.15) is 13.2 Å². The van der Waals surface area contributed by atoms with Gasteiger partial charge >= 0.3 is 18.2 Å². The first kappa shape index (κ1) is 39.9. The van der Waals surface area contributed by atoms with Crippen LogP contribution in [0.15, 0.2) is 42.5 Å². The largest absolute Gasteiger partial charge is 0.484 e. The van der Waals surface area contributed by atoms with E-state index in [4.69, 9.17) is 18.9 Å². The summed E-state index contributed by atoms with van der Waals surface area (Å²) in [6, 6.07) is 2.43. The first-order valence-corrected chi connectivity index (χ1v) is 18.9. The molecular weight excluding hydrogens is 721 g/mol. The van der Waals surface area contributed by atoms with Crippen molar-refractivity contribution in [2.24, 2.45) is 5.92 Å². The first-order valence-electron chi connectivity index (χ1n) is 18.9. The summed E-state index contributed by atoms with van der Waals surface area (Å²) in [5.74, 6) is -1.70. The number of amides is 3. The maximum absolute atomic E-state index is 14.7. The standard InChI is InChI=1S/C40H49F3N4O8/c1-6-52-35(50)39-19-16-25(39)12-10-8-7-9-11-13-30(45-36(51)55-37(3,4)5)34(49)47-22-38(21-31(47)33(48)46-39)18-17-27-28-20-26(53-23-40(41,42)43)14-15-29(28)44-24(2)32(27)54-38/h10,12,14-16,19-20,25,30-31H,6-9,11,13,17-18,21-23H2,1-5H3,(H,45,51)(H,46,48)/b12-10-/t25-,30+,31+,38-,39-/m1/s1. The number of hydrogen-bond acceptors (Lipinski definition) is 9. The quantitative estimate of drug-likeness (QED) is 0.270. The minimum Gasteiger partial charge on any atom is -0.484 e. The fourth-order valence-electron chi connectivity index (χ4n) is 7.83. The van der Waals surface area contributed by atoms with Crippen molar-refractivity contribution < 1.29 is 51.3 Å². The summed E-state index contributed by atoms with van der Waals surface area (Å²) in [5, 5.41) is 6.28. The van der Waals surface area contributed by atoms with Gasteiger partial charge in [-0.25, -0.2) is 14.6 Å². The van der Waals surface area contributed by atoms with E-state index in [1.807, 2.05) is 18.2 Å². The minimum atomic E-state index is -4.51. The summed E-state index contributed by atoms with van der Waals surface area (Å²) < 4.78 is 61.6. The Morgan fingerprint density at radius 1 is 1.13 bits per heavy atom. The van der Waals surface area contributed by atoms with E-state index in [1.54, 1.807) is 46.8 Å². The Kier molecular flexibility index (Phi) is 11.1. The van der Waals surface area contributed by atoms with Gasteiger partial charge < -0.3 is 34.5 Å². The molecule has 3 aliphatic heterocycles. The zero-order valence-electron chi connectivity index (χ0n) is 31.8. The van der Waals surface area contributed by atoms with Crippen molar-refractivity contribution in [2.45, 2.75) is 121 Å². The highest BCUT2D eigenvalue weighted by Gasteiger charge is 2.56. The summed E-state index contributed by atoms with van der Waals surface area (Å²) in [4.78, 5) is 61.9. The van der Waals surface area contributed by atoms with Crippen LogP contribution in [0, 0.1) is 12.8 Å². The Balaban J connectivity index is 1.36. The van der Waals surface area contributed by atoms with E-state index in [-0.39, 0.29) is 25.3 Å². The van der Waals surface area contributed by atoms with E-state index < -0.39 is 71.4 Å². The molecule has 4 aliphatic rings. The van der Waals surface area contributed by atoms with Crippen LogP contribution in [-0.2, 0) is 30.3 Å². The Morgan fingerprint density at radius 2 is 1.91 bits per heavy atom. The van der Waals surface area contributed by atoms with Crippen molar-refractivity contribution in [1.82, 2.24) is 20.5 Å². The maximum atomic E-state index is 14.7. The van der Waals surface area contributed by atoms with Gasteiger partial charge in [-0.05, 0) is 84.9 Å². The van der Waals surface area contributed by atoms with Crippen LogP contribution in [0.25, 0.3) is 10.9 Å². The number of rotatable bonds is 5. The third-order valence-corrected chi connectivity index (χ3v) is 10.5. The van der Waals surface area contributed by atoms with Crippen LogP contribution in [0.1, 0.15) is 83.9 Å². The molecule has 0 bridgehead atoms. The molecule has 1 aliphatic carbocycles. The summed E-state index contributed by atoms with van der Waals surface area (Å²) in [6.07, 6.45) is 6.03. The molecule has 12 nitrogen and oxygen atoms in total. The van der Waals surface area contributed by atoms with Crippen molar-refractivity contribution in [3.8, 4) is 11.5 Å². The summed E-state index contributed by atoms with van der Waals surface area (Å²) in [6.45, 7) is 7.25. The van der Waals surface area contributed by atoms with Gasteiger partial charge in [0.05, 0.1) is 24.4 Å². The number of pyridine rings is 1. The number of aromatic nitrogens is 1. The number of benzene rings is 1. The van der Waals surface area contributed by atoms with E-state index in [1.165, 1.54) is 17.0 Å². The number of alkyl halides is 3. The maximum Gasteiger partial charge on any atom is 0.422 e. The van der Waals surface area contributed by atoms with E-state index in [0.717, 1.165) is 24.8 Å². The number of carbonyl (C=O) groups excluding carboxylic acids is 4. The topological polar surface area (TPSA) is 145 Å². The Labute approximate surface area is 318 Å². The van der Waals surface area contributed by atoms with E-state index in [0.29, 0.717) is 48.0 Å². The van der Waals surface area contributed by atoms with Crippen LogP contribution in [0.2, 0.25) is 0 Å². The first-order chi connectivity index (χ1) is 25.9. The van der Waals surface area contributed by atoms with Crippen molar-refractivity contribution in [1.29, 1.82) is 0 Å². The lowest BCUT2D eigenvalue weighted by molar-refractivity contribution is -0.154. The molecule has 2 aromatic rings. The van der Waals surface area contributed by atoms with Gasteiger partial charge in [-0.1, -0.05) is 37.1 Å². The van der Waals surface area contributed by atoms with Gasteiger partial charge in [0.25, 0.3) is 0 Å². The Bertz CT molecular complexity index is 1890. The minimum absolute atomic E-state index is 0.0202. The van der Waals surface area contributed by atoms with Crippen LogP contribution in [0.3, 0.4) is 0 Å². The molecule has 0 unspecified atom stereocenters. The van der Waals surface area contributed by atoms with Gasteiger partial charge in [0.15, 0.2) is 12.1 Å². The molecule has 0 saturated carbocycles. The molecule has 2 N–H and O–H groups in total. The second-order valence-corrected chi connectivity index (χ2v) is 15.8. The van der Waals surface area contributed by atoms with Crippen LogP contribution < -0.4 is 20.1 Å². The number of carbonyl (C=O) groups is 4. The van der Waals surface area contributed by atoms with Gasteiger partial charge in [0.1, 0.15) is 34.8 Å². The molecule has 3 amide bonds. The number of alkyl carbamates (subject to hydrolysis) is 1. The van der Waals surface area contributed by atoms with Crippen molar-refractivity contribution in [2.75, 3.05) is 19.8 Å². The molecule has 4 heterocycles. The number of fused-ring (bicyclic) bond motifs is 5. The molecule has 298 valence electrons. The monoisotopic (exact) mass is 770 g/mol. The fraction of sp³-hybridized carbons (Fsp3) is 0.575. The molecule has 1 saturated heterocycles. The molecule has 5 atom stereocenters. The molecule has 1 aromatic carbocycles. The second kappa shape index (κ2) is 15.4. The molecule has 15 heteroatoms. The normalized spacial score (nSPS) is 27.6. The zero-order valence-corrected chi connectivity index (χ0v) is 31.8. The molecule has 1 fully saturated rings. The van der Waals surface area contributed by atoms with Gasteiger partial charge in [-0.15, -0.1) is 0 Å². The number of ether oxygens (including phenoxy) is 4. The molecule has 55 heavy (non-hydrogen) atoms. The lowest BCUT2D eigenvalue weighted by Crippen LogP contribution is -2.65. The third-order valence-electron chi connectivity index (χ3n) is 10.5. The lowest BCUT2D eigenvalue weighted by atomic mass is 9.73. The zero-order chi connectivity index (χ0) is 39.8. The van der Waals surface area contributed by atoms with Gasteiger partial charge in [-0.3, -0.25) is 9.59 Å². The summed E-state index contributed by atoms with van der Waals surface area (Å²) >= 11 is 0. The number of hydrogen-bond donors (Lipinski definition) is 2. The van der Waals surface area contributed by atoms with E-state index in [2.05, 4.69) is 15.6 Å². The van der Waals surface area contributed by atoms with Crippen LogP contribution in [0.5, 0.6) is 11.5 Å². The van der Waals surface area contributed by atoms with Crippen LogP contribution >= 0.6 is 0 Å².